The van der Waals surface area contributed by atoms with Crippen LogP contribution in [-0.4, -0.2) is 28.0 Å². The van der Waals surface area contributed by atoms with Crippen molar-refractivity contribution in [1.82, 2.24) is 4.98 Å². The first-order chi connectivity index (χ1) is 17.7. The standard InChI is InChI=1S/C30H37N3O2S/c1-2-3-4-5-6-7-8-9-10-15-20-33(30-32-26-18-13-14-19-28(26)36-30)31-22-23-21-27(34)24-16-11-12-17-25(24)29(23)35/h11-14,16-19,21-22,34-35H,2-10,15,20H2,1H3/b31-22+. The minimum absolute atomic E-state index is 0.121. The Morgan fingerprint density at radius 2 is 1.47 bits per heavy atom. The zero-order valence-electron chi connectivity index (χ0n) is 21.2. The molecule has 0 fully saturated rings. The van der Waals surface area contributed by atoms with E-state index in [1.54, 1.807) is 35.8 Å². The quantitative estimate of drug-likeness (QED) is 0.0782. The van der Waals surface area contributed by atoms with Gasteiger partial charge in [-0.1, -0.05) is 112 Å². The average Bonchev–Trinajstić information content (AvgIpc) is 3.33. The maximum absolute atomic E-state index is 10.8. The Balaban J connectivity index is 1.42. The van der Waals surface area contributed by atoms with Gasteiger partial charge in [0.25, 0.3) is 0 Å². The molecular weight excluding hydrogens is 466 g/mol. The van der Waals surface area contributed by atoms with E-state index >= 15 is 0 Å². The van der Waals surface area contributed by atoms with E-state index in [1.165, 1.54) is 51.4 Å². The molecule has 190 valence electrons. The van der Waals surface area contributed by atoms with Gasteiger partial charge in [-0.3, -0.25) is 0 Å². The fourth-order valence-corrected chi connectivity index (χ4v) is 5.46. The summed E-state index contributed by atoms with van der Waals surface area (Å²) in [6, 6.07) is 17.0. The first kappa shape index (κ1) is 26.0. The number of benzene rings is 3. The number of phenols is 2. The van der Waals surface area contributed by atoms with Crippen LogP contribution in [0.15, 0.2) is 59.7 Å². The van der Waals surface area contributed by atoms with Crippen LogP contribution in [0.1, 0.15) is 76.7 Å². The minimum atomic E-state index is 0.121. The van der Waals surface area contributed by atoms with Crippen molar-refractivity contribution < 1.29 is 10.2 Å². The molecule has 4 rings (SSSR count). The number of aromatic hydroxyl groups is 2. The fraction of sp³-hybridized carbons (Fsp3) is 0.400. The SMILES string of the molecule is CCCCCCCCCCCCN(/N=C/c1cc(O)c2ccccc2c1O)c1nc2ccccc2s1. The molecule has 0 saturated heterocycles. The van der Waals surface area contributed by atoms with Crippen LogP contribution < -0.4 is 5.01 Å². The van der Waals surface area contributed by atoms with Gasteiger partial charge < -0.3 is 10.2 Å². The second-order valence-corrected chi connectivity index (χ2v) is 10.4. The molecule has 0 aliphatic rings. The van der Waals surface area contributed by atoms with E-state index in [2.05, 4.69) is 13.0 Å². The van der Waals surface area contributed by atoms with Gasteiger partial charge in [-0.05, 0) is 24.6 Å². The van der Waals surface area contributed by atoms with Crippen molar-refractivity contribution >= 4 is 43.7 Å². The Morgan fingerprint density at radius 1 is 0.833 bits per heavy atom. The molecule has 5 nitrogen and oxygen atoms in total. The highest BCUT2D eigenvalue weighted by molar-refractivity contribution is 7.22. The number of phenolic OH excluding ortho intramolecular Hbond substituents is 2. The number of fused-ring (bicyclic) bond motifs is 2. The lowest BCUT2D eigenvalue weighted by Gasteiger charge is -2.16. The Bertz CT molecular complexity index is 1250. The molecule has 36 heavy (non-hydrogen) atoms. The number of hydrazone groups is 1. The van der Waals surface area contributed by atoms with Crippen LogP contribution in [0.3, 0.4) is 0 Å². The van der Waals surface area contributed by atoms with Gasteiger partial charge in [0, 0.05) is 22.9 Å². The zero-order chi connectivity index (χ0) is 25.2. The van der Waals surface area contributed by atoms with Crippen molar-refractivity contribution in [3.8, 4) is 11.5 Å². The van der Waals surface area contributed by atoms with Crippen LogP contribution in [0.2, 0.25) is 0 Å². The molecule has 0 spiro atoms. The van der Waals surface area contributed by atoms with Gasteiger partial charge in [0.1, 0.15) is 11.5 Å². The maximum Gasteiger partial charge on any atom is 0.207 e. The van der Waals surface area contributed by atoms with Gasteiger partial charge in [-0.2, -0.15) is 5.10 Å². The van der Waals surface area contributed by atoms with Gasteiger partial charge in [0.2, 0.25) is 5.13 Å². The number of hydrogen-bond acceptors (Lipinski definition) is 6. The van der Waals surface area contributed by atoms with Gasteiger partial charge in [0.15, 0.2) is 0 Å². The van der Waals surface area contributed by atoms with Gasteiger partial charge >= 0.3 is 0 Å². The van der Waals surface area contributed by atoms with Gasteiger partial charge in [-0.15, -0.1) is 0 Å². The number of nitrogens with zero attached hydrogens (tertiary/aromatic N) is 3. The summed E-state index contributed by atoms with van der Waals surface area (Å²) in [5, 5.41) is 30.0. The van der Waals surface area contributed by atoms with Crippen LogP contribution in [0.4, 0.5) is 5.13 Å². The second-order valence-electron chi connectivity index (χ2n) is 9.39. The summed E-state index contributed by atoms with van der Waals surface area (Å²) in [4.78, 5) is 4.80. The summed E-state index contributed by atoms with van der Waals surface area (Å²) in [5.74, 6) is 0.251. The van der Waals surface area contributed by atoms with Crippen LogP contribution in [0.25, 0.3) is 21.0 Å². The van der Waals surface area contributed by atoms with E-state index < -0.39 is 0 Å². The largest absolute Gasteiger partial charge is 0.507 e. The maximum atomic E-state index is 10.8. The summed E-state index contributed by atoms with van der Waals surface area (Å²) in [6.07, 6.45) is 14.4. The molecule has 0 bridgehead atoms. The summed E-state index contributed by atoms with van der Waals surface area (Å²) < 4.78 is 1.13. The zero-order valence-corrected chi connectivity index (χ0v) is 22.0. The normalized spacial score (nSPS) is 11.7. The predicted molar refractivity (Wildman–Crippen MR) is 154 cm³/mol. The molecule has 4 aromatic rings. The van der Waals surface area contributed by atoms with E-state index in [0.29, 0.717) is 16.3 Å². The Labute approximate surface area is 218 Å². The van der Waals surface area contributed by atoms with E-state index in [9.17, 15) is 10.2 Å². The predicted octanol–water partition coefficient (Wildman–Crippen LogP) is 8.62. The van der Waals surface area contributed by atoms with Crippen molar-refractivity contribution in [3.05, 3.63) is 60.2 Å². The lowest BCUT2D eigenvalue weighted by atomic mass is 10.0. The first-order valence-electron chi connectivity index (χ1n) is 13.3. The second kappa shape index (κ2) is 13.3. The van der Waals surface area contributed by atoms with E-state index in [-0.39, 0.29) is 11.5 Å². The molecule has 0 aliphatic heterocycles. The van der Waals surface area contributed by atoms with Crippen molar-refractivity contribution in [2.24, 2.45) is 5.10 Å². The van der Waals surface area contributed by atoms with Crippen molar-refractivity contribution in [2.75, 3.05) is 11.6 Å². The third-order valence-electron chi connectivity index (χ3n) is 6.59. The highest BCUT2D eigenvalue weighted by Gasteiger charge is 2.13. The Hall–Kier alpha value is -3.12. The molecule has 2 N–H and O–H groups in total. The Kier molecular flexibility index (Phi) is 9.56. The fourth-order valence-electron chi connectivity index (χ4n) is 4.51. The molecule has 0 aliphatic carbocycles. The molecule has 6 heteroatoms. The van der Waals surface area contributed by atoms with Crippen molar-refractivity contribution in [2.45, 2.75) is 71.1 Å². The number of rotatable bonds is 14. The van der Waals surface area contributed by atoms with Crippen LogP contribution in [0.5, 0.6) is 11.5 Å². The molecule has 0 radical (unpaired) electrons. The highest BCUT2D eigenvalue weighted by atomic mass is 32.1. The number of para-hydroxylation sites is 1. The number of anilines is 1. The average molecular weight is 504 g/mol. The van der Waals surface area contributed by atoms with Gasteiger partial charge in [0.05, 0.1) is 16.4 Å². The third-order valence-corrected chi connectivity index (χ3v) is 7.64. The summed E-state index contributed by atoms with van der Waals surface area (Å²) >= 11 is 1.62. The van der Waals surface area contributed by atoms with E-state index in [0.717, 1.165) is 34.7 Å². The van der Waals surface area contributed by atoms with Gasteiger partial charge in [-0.25, -0.2) is 9.99 Å². The summed E-state index contributed by atoms with van der Waals surface area (Å²) in [6.45, 7) is 3.02. The van der Waals surface area contributed by atoms with E-state index in [1.807, 2.05) is 35.3 Å². The minimum Gasteiger partial charge on any atom is -0.507 e. The number of aromatic nitrogens is 1. The number of hydrogen-bond donors (Lipinski definition) is 2. The third kappa shape index (κ3) is 6.76. The molecule has 0 unspecified atom stereocenters. The molecule has 0 saturated carbocycles. The monoisotopic (exact) mass is 503 g/mol. The molecule has 1 heterocycles. The Morgan fingerprint density at radius 3 is 2.19 bits per heavy atom. The molecular formula is C30H37N3O2S. The smallest absolute Gasteiger partial charge is 0.207 e. The molecule has 0 atom stereocenters. The van der Waals surface area contributed by atoms with Crippen LogP contribution in [-0.2, 0) is 0 Å². The van der Waals surface area contributed by atoms with E-state index in [4.69, 9.17) is 10.1 Å². The number of thiazole rings is 1. The van der Waals surface area contributed by atoms with Crippen LogP contribution >= 0.6 is 11.3 Å². The lowest BCUT2D eigenvalue weighted by Crippen LogP contribution is -2.18. The van der Waals surface area contributed by atoms with Crippen molar-refractivity contribution in [1.29, 1.82) is 0 Å². The summed E-state index contributed by atoms with van der Waals surface area (Å²) in [7, 11) is 0. The summed E-state index contributed by atoms with van der Waals surface area (Å²) in [5.41, 5.74) is 1.45. The molecule has 0 amide bonds. The molecule has 3 aromatic carbocycles. The number of unbranched alkanes of at least 4 members (excludes halogenated alkanes) is 9. The topological polar surface area (TPSA) is 69.0 Å². The van der Waals surface area contributed by atoms with Crippen molar-refractivity contribution in [3.63, 3.8) is 0 Å². The molecule has 1 aromatic heterocycles. The lowest BCUT2D eigenvalue weighted by molar-refractivity contribution is 0.469. The highest BCUT2D eigenvalue weighted by Crippen LogP contribution is 2.35. The van der Waals surface area contributed by atoms with Crippen LogP contribution in [0, 0.1) is 0 Å². The first-order valence-corrected chi connectivity index (χ1v) is 14.1.